The lowest BCUT2D eigenvalue weighted by molar-refractivity contribution is 0.253. The second-order valence-electron chi connectivity index (χ2n) is 5.71. The Labute approximate surface area is 95.0 Å². The summed E-state index contributed by atoms with van der Waals surface area (Å²) in [5.74, 6) is 1.98. The molecule has 0 aromatic rings. The summed E-state index contributed by atoms with van der Waals surface area (Å²) >= 11 is 0. The predicted molar refractivity (Wildman–Crippen MR) is 66.0 cm³/mol. The van der Waals surface area contributed by atoms with Crippen molar-refractivity contribution in [3.05, 3.63) is 0 Å². The van der Waals surface area contributed by atoms with Crippen molar-refractivity contribution in [3.8, 4) is 0 Å². The smallest absolute Gasteiger partial charge is 0.00952 e. The van der Waals surface area contributed by atoms with Crippen LogP contribution in [0.25, 0.3) is 0 Å². The largest absolute Gasteiger partial charge is 0.311 e. The molecule has 0 aromatic heterocycles. The third-order valence-electron chi connectivity index (χ3n) is 4.46. The Hall–Kier alpha value is -0.0400. The van der Waals surface area contributed by atoms with E-state index in [0.717, 1.165) is 23.9 Å². The van der Waals surface area contributed by atoms with Crippen molar-refractivity contribution < 1.29 is 0 Å². The van der Waals surface area contributed by atoms with Crippen LogP contribution in [-0.2, 0) is 0 Å². The second-order valence-corrected chi connectivity index (χ2v) is 5.71. The van der Waals surface area contributed by atoms with E-state index in [1.165, 1.54) is 51.4 Å². The zero-order valence-corrected chi connectivity index (χ0v) is 10.5. The van der Waals surface area contributed by atoms with Gasteiger partial charge in [-0.15, -0.1) is 0 Å². The maximum atomic E-state index is 3.90. The number of nitrogens with one attached hydrogen (secondary N) is 1. The molecule has 0 aromatic carbocycles. The van der Waals surface area contributed by atoms with Gasteiger partial charge in [-0.1, -0.05) is 26.2 Å². The minimum atomic E-state index is 0.760. The molecule has 0 amide bonds. The monoisotopic (exact) mass is 209 g/mol. The SMILES string of the molecule is CCC(NC(C)C1CCCCC1)C1CC1. The van der Waals surface area contributed by atoms with Crippen LogP contribution in [0.3, 0.4) is 0 Å². The van der Waals surface area contributed by atoms with Gasteiger partial charge in [0.1, 0.15) is 0 Å². The summed E-state index contributed by atoms with van der Waals surface area (Å²) in [5.41, 5.74) is 0. The Kier molecular flexibility index (Phi) is 4.07. The Bertz CT molecular complexity index is 180. The van der Waals surface area contributed by atoms with Gasteiger partial charge in [0.15, 0.2) is 0 Å². The van der Waals surface area contributed by atoms with E-state index in [1.807, 2.05) is 0 Å². The maximum absolute atomic E-state index is 3.90. The van der Waals surface area contributed by atoms with Crippen molar-refractivity contribution in [1.29, 1.82) is 0 Å². The van der Waals surface area contributed by atoms with Gasteiger partial charge in [-0.25, -0.2) is 0 Å². The zero-order valence-electron chi connectivity index (χ0n) is 10.5. The van der Waals surface area contributed by atoms with Crippen molar-refractivity contribution in [2.24, 2.45) is 11.8 Å². The van der Waals surface area contributed by atoms with Crippen molar-refractivity contribution in [2.75, 3.05) is 0 Å². The normalized spacial score (nSPS) is 27.6. The predicted octanol–water partition coefficient (Wildman–Crippen LogP) is 3.73. The van der Waals surface area contributed by atoms with Gasteiger partial charge < -0.3 is 5.32 Å². The molecule has 0 saturated heterocycles. The lowest BCUT2D eigenvalue weighted by Crippen LogP contribution is -2.42. The standard InChI is InChI=1S/C14H27N/c1-3-14(13-9-10-13)15-11(2)12-7-5-4-6-8-12/h11-15H,3-10H2,1-2H3. The molecule has 1 heteroatoms. The first-order chi connectivity index (χ1) is 7.31. The van der Waals surface area contributed by atoms with Gasteiger partial charge in [-0.2, -0.15) is 0 Å². The van der Waals surface area contributed by atoms with E-state index in [0.29, 0.717) is 0 Å². The molecule has 0 aliphatic heterocycles. The molecule has 1 N–H and O–H groups in total. The molecule has 0 heterocycles. The minimum Gasteiger partial charge on any atom is -0.311 e. The van der Waals surface area contributed by atoms with Crippen LogP contribution in [0.1, 0.15) is 65.2 Å². The summed E-state index contributed by atoms with van der Waals surface area (Å²) in [6, 6.07) is 1.58. The fourth-order valence-corrected chi connectivity index (χ4v) is 3.19. The number of hydrogen-bond acceptors (Lipinski definition) is 1. The molecule has 2 fully saturated rings. The van der Waals surface area contributed by atoms with Crippen LogP contribution in [0.15, 0.2) is 0 Å². The van der Waals surface area contributed by atoms with Gasteiger partial charge in [-0.3, -0.25) is 0 Å². The first kappa shape index (κ1) is 11.4. The molecule has 15 heavy (non-hydrogen) atoms. The molecule has 2 rings (SSSR count). The molecule has 0 radical (unpaired) electrons. The van der Waals surface area contributed by atoms with E-state index in [1.54, 1.807) is 0 Å². The van der Waals surface area contributed by atoms with Crippen molar-refractivity contribution in [3.63, 3.8) is 0 Å². The van der Waals surface area contributed by atoms with E-state index in [4.69, 9.17) is 0 Å². The quantitative estimate of drug-likeness (QED) is 0.727. The van der Waals surface area contributed by atoms with Gasteiger partial charge in [0.05, 0.1) is 0 Å². The molecule has 2 atom stereocenters. The first-order valence-electron chi connectivity index (χ1n) is 7.07. The highest BCUT2D eigenvalue weighted by Gasteiger charge is 2.32. The van der Waals surface area contributed by atoms with Gasteiger partial charge in [-0.05, 0) is 50.9 Å². The van der Waals surface area contributed by atoms with Gasteiger partial charge >= 0.3 is 0 Å². The number of hydrogen-bond donors (Lipinski definition) is 1. The van der Waals surface area contributed by atoms with E-state index >= 15 is 0 Å². The van der Waals surface area contributed by atoms with Crippen molar-refractivity contribution in [1.82, 2.24) is 5.32 Å². The Morgan fingerprint density at radius 1 is 1.00 bits per heavy atom. The van der Waals surface area contributed by atoms with Crippen LogP contribution in [0.5, 0.6) is 0 Å². The van der Waals surface area contributed by atoms with Crippen LogP contribution in [0, 0.1) is 11.8 Å². The van der Waals surface area contributed by atoms with Crippen LogP contribution in [0.4, 0.5) is 0 Å². The highest BCUT2D eigenvalue weighted by atomic mass is 15.0. The van der Waals surface area contributed by atoms with Gasteiger partial charge in [0.2, 0.25) is 0 Å². The molecule has 2 saturated carbocycles. The van der Waals surface area contributed by atoms with E-state index in [-0.39, 0.29) is 0 Å². The third-order valence-corrected chi connectivity index (χ3v) is 4.46. The minimum absolute atomic E-state index is 0.760. The molecule has 0 spiro atoms. The molecule has 88 valence electrons. The van der Waals surface area contributed by atoms with Crippen LogP contribution in [-0.4, -0.2) is 12.1 Å². The van der Waals surface area contributed by atoms with E-state index in [2.05, 4.69) is 19.2 Å². The lowest BCUT2D eigenvalue weighted by atomic mass is 9.84. The van der Waals surface area contributed by atoms with Crippen LogP contribution < -0.4 is 5.32 Å². The highest BCUT2D eigenvalue weighted by molar-refractivity contribution is 4.88. The molecule has 2 aliphatic rings. The fourth-order valence-electron chi connectivity index (χ4n) is 3.19. The summed E-state index contributed by atoms with van der Waals surface area (Å²) in [7, 11) is 0. The maximum Gasteiger partial charge on any atom is 0.00952 e. The summed E-state index contributed by atoms with van der Waals surface area (Å²) in [6.45, 7) is 4.75. The Morgan fingerprint density at radius 3 is 2.20 bits per heavy atom. The third kappa shape index (κ3) is 3.21. The zero-order chi connectivity index (χ0) is 10.7. The topological polar surface area (TPSA) is 12.0 Å². The molecule has 2 unspecified atom stereocenters. The average molecular weight is 209 g/mol. The Morgan fingerprint density at radius 2 is 1.67 bits per heavy atom. The van der Waals surface area contributed by atoms with Crippen LogP contribution in [0.2, 0.25) is 0 Å². The molecule has 2 aliphatic carbocycles. The highest BCUT2D eigenvalue weighted by Crippen LogP contribution is 2.35. The van der Waals surface area contributed by atoms with Crippen molar-refractivity contribution >= 4 is 0 Å². The second kappa shape index (κ2) is 5.34. The number of rotatable bonds is 5. The Balaban J connectivity index is 1.75. The molecule has 1 nitrogen and oxygen atoms in total. The fraction of sp³-hybridized carbons (Fsp3) is 1.00. The molecular weight excluding hydrogens is 182 g/mol. The lowest BCUT2D eigenvalue weighted by Gasteiger charge is -2.31. The summed E-state index contributed by atoms with van der Waals surface area (Å²) in [6.07, 6.45) is 11.6. The van der Waals surface area contributed by atoms with Crippen LogP contribution >= 0.6 is 0 Å². The van der Waals surface area contributed by atoms with Gasteiger partial charge in [0, 0.05) is 12.1 Å². The molecular formula is C14H27N. The van der Waals surface area contributed by atoms with Crippen molar-refractivity contribution in [2.45, 2.75) is 77.3 Å². The van der Waals surface area contributed by atoms with Gasteiger partial charge in [0.25, 0.3) is 0 Å². The summed E-state index contributed by atoms with van der Waals surface area (Å²) in [5, 5.41) is 3.90. The molecule has 0 bridgehead atoms. The average Bonchev–Trinajstić information content (AvgIpc) is 3.10. The van der Waals surface area contributed by atoms with E-state index < -0.39 is 0 Å². The summed E-state index contributed by atoms with van der Waals surface area (Å²) in [4.78, 5) is 0. The summed E-state index contributed by atoms with van der Waals surface area (Å²) < 4.78 is 0. The first-order valence-corrected chi connectivity index (χ1v) is 7.07. The van der Waals surface area contributed by atoms with E-state index in [9.17, 15) is 0 Å².